The van der Waals surface area contributed by atoms with Gasteiger partial charge in [0.25, 0.3) is 5.91 Å². The highest BCUT2D eigenvalue weighted by Crippen LogP contribution is 2.26. The lowest BCUT2D eigenvalue weighted by atomic mass is 10.2. The molecule has 1 aromatic heterocycles. The Balaban J connectivity index is 2.31. The number of anilines is 2. The molecule has 0 fully saturated rings. The van der Waals surface area contributed by atoms with Crippen LogP contribution in [0.5, 0.6) is 0 Å². The summed E-state index contributed by atoms with van der Waals surface area (Å²) in [6.45, 7) is 4.28. The van der Waals surface area contributed by atoms with E-state index >= 15 is 0 Å². The number of benzene rings is 1. The van der Waals surface area contributed by atoms with Crippen LogP contribution in [-0.2, 0) is 0 Å². The van der Waals surface area contributed by atoms with Crippen molar-refractivity contribution in [3.63, 3.8) is 0 Å². The highest BCUT2D eigenvalue weighted by molar-refractivity contribution is 7.14. The summed E-state index contributed by atoms with van der Waals surface area (Å²) < 4.78 is 12.9. The SMILES string of the molecule is CCN(C(=O)c1cc(N)c(C)s1)c1ccc(F)cc1. The van der Waals surface area contributed by atoms with Gasteiger partial charge in [-0.1, -0.05) is 0 Å². The van der Waals surface area contributed by atoms with Crippen LogP contribution in [0.2, 0.25) is 0 Å². The summed E-state index contributed by atoms with van der Waals surface area (Å²) in [5, 5.41) is 0. The van der Waals surface area contributed by atoms with Gasteiger partial charge in [-0.15, -0.1) is 11.3 Å². The molecule has 5 heteroatoms. The first kappa shape index (κ1) is 13.5. The average Bonchev–Trinajstić information content (AvgIpc) is 2.73. The lowest BCUT2D eigenvalue weighted by Gasteiger charge is -2.20. The van der Waals surface area contributed by atoms with Gasteiger partial charge in [0.2, 0.25) is 0 Å². The van der Waals surface area contributed by atoms with E-state index in [1.165, 1.54) is 23.5 Å². The van der Waals surface area contributed by atoms with E-state index in [0.717, 1.165) is 4.88 Å². The zero-order valence-electron chi connectivity index (χ0n) is 10.8. The Morgan fingerprint density at radius 2 is 2.00 bits per heavy atom. The predicted molar refractivity (Wildman–Crippen MR) is 77.2 cm³/mol. The van der Waals surface area contributed by atoms with E-state index in [2.05, 4.69) is 0 Å². The number of carbonyl (C=O) groups is 1. The lowest BCUT2D eigenvalue weighted by molar-refractivity contribution is 0.0992. The van der Waals surface area contributed by atoms with Crippen molar-refractivity contribution in [1.29, 1.82) is 0 Å². The second-order valence-electron chi connectivity index (χ2n) is 4.15. The van der Waals surface area contributed by atoms with Gasteiger partial charge in [0, 0.05) is 22.8 Å². The Kier molecular flexibility index (Phi) is 3.85. The highest BCUT2D eigenvalue weighted by Gasteiger charge is 2.18. The molecule has 0 saturated heterocycles. The second kappa shape index (κ2) is 5.40. The highest BCUT2D eigenvalue weighted by atomic mass is 32.1. The molecule has 2 rings (SSSR count). The zero-order valence-corrected chi connectivity index (χ0v) is 11.6. The molecule has 19 heavy (non-hydrogen) atoms. The van der Waals surface area contributed by atoms with Crippen molar-refractivity contribution in [2.24, 2.45) is 0 Å². The third-order valence-corrected chi connectivity index (χ3v) is 3.92. The van der Waals surface area contributed by atoms with Crippen molar-refractivity contribution < 1.29 is 9.18 Å². The molecule has 0 radical (unpaired) electrons. The molecule has 0 aliphatic heterocycles. The number of nitrogens with two attached hydrogens (primary N) is 1. The number of hydrogen-bond donors (Lipinski definition) is 1. The standard InChI is InChI=1S/C14H15FN2OS/c1-3-17(11-6-4-10(15)5-7-11)14(18)13-8-12(16)9(2)19-13/h4-8H,3,16H2,1-2H3. The molecule has 1 amide bonds. The number of nitrogens with zero attached hydrogens (tertiary/aromatic N) is 1. The van der Waals surface area contributed by atoms with Crippen LogP contribution >= 0.6 is 11.3 Å². The number of halogens is 1. The summed E-state index contributed by atoms with van der Waals surface area (Å²) in [6, 6.07) is 7.58. The van der Waals surface area contributed by atoms with Crippen LogP contribution in [0.1, 0.15) is 21.5 Å². The molecule has 0 aliphatic carbocycles. The number of aryl methyl sites for hydroxylation is 1. The van der Waals surface area contributed by atoms with E-state index in [4.69, 9.17) is 5.73 Å². The maximum atomic E-state index is 12.9. The molecule has 0 saturated carbocycles. The minimum atomic E-state index is -0.316. The van der Waals surface area contributed by atoms with Crippen molar-refractivity contribution in [3.05, 3.63) is 45.9 Å². The molecule has 3 nitrogen and oxygen atoms in total. The molecule has 100 valence electrons. The Labute approximate surface area is 115 Å². The predicted octanol–water partition coefficient (Wildman–Crippen LogP) is 3.44. The van der Waals surface area contributed by atoms with Gasteiger partial charge in [-0.3, -0.25) is 4.79 Å². The molecule has 0 bridgehead atoms. The number of rotatable bonds is 3. The van der Waals surface area contributed by atoms with Crippen molar-refractivity contribution in [3.8, 4) is 0 Å². The van der Waals surface area contributed by atoms with Gasteiger partial charge in [0.1, 0.15) is 5.82 Å². The number of nitrogen functional groups attached to an aromatic ring is 1. The van der Waals surface area contributed by atoms with Gasteiger partial charge in [-0.05, 0) is 44.2 Å². The first-order valence-electron chi connectivity index (χ1n) is 5.96. The number of hydrogen-bond acceptors (Lipinski definition) is 3. The first-order valence-corrected chi connectivity index (χ1v) is 6.78. The smallest absolute Gasteiger partial charge is 0.268 e. The lowest BCUT2D eigenvalue weighted by Crippen LogP contribution is -2.29. The molecule has 2 aromatic rings. The number of carbonyl (C=O) groups excluding carboxylic acids is 1. The Morgan fingerprint density at radius 3 is 2.47 bits per heavy atom. The number of thiophene rings is 1. The van der Waals surface area contributed by atoms with Crippen LogP contribution in [0.3, 0.4) is 0 Å². The van der Waals surface area contributed by atoms with Crippen molar-refractivity contribution in [2.75, 3.05) is 17.2 Å². The van der Waals surface area contributed by atoms with E-state index in [0.29, 0.717) is 22.8 Å². The van der Waals surface area contributed by atoms with Crippen LogP contribution in [0.25, 0.3) is 0 Å². The quantitative estimate of drug-likeness (QED) is 0.934. The van der Waals surface area contributed by atoms with Gasteiger partial charge in [0.05, 0.1) is 4.88 Å². The van der Waals surface area contributed by atoms with E-state index in [9.17, 15) is 9.18 Å². The summed E-state index contributed by atoms with van der Waals surface area (Å²) in [4.78, 5) is 15.5. The van der Waals surface area contributed by atoms with E-state index in [-0.39, 0.29) is 11.7 Å². The Bertz CT molecular complexity index is 572. The van der Waals surface area contributed by atoms with Crippen LogP contribution in [0.15, 0.2) is 30.3 Å². The fourth-order valence-electron chi connectivity index (χ4n) is 1.80. The van der Waals surface area contributed by atoms with Crippen LogP contribution in [0.4, 0.5) is 15.8 Å². The Morgan fingerprint density at radius 1 is 1.37 bits per heavy atom. The van der Waals surface area contributed by atoms with Gasteiger partial charge < -0.3 is 10.6 Å². The maximum Gasteiger partial charge on any atom is 0.268 e. The van der Waals surface area contributed by atoms with Crippen molar-refractivity contribution in [1.82, 2.24) is 0 Å². The largest absolute Gasteiger partial charge is 0.398 e. The molecule has 2 N–H and O–H groups in total. The summed E-state index contributed by atoms with van der Waals surface area (Å²) in [5.74, 6) is -0.428. The minimum Gasteiger partial charge on any atom is -0.398 e. The van der Waals surface area contributed by atoms with Crippen LogP contribution < -0.4 is 10.6 Å². The molecule has 0 spiro atoms. The van der Waals surface area contributed by atoms with Crippen molar-refractivity contribution >= 4 is 28.6 Å². The normalized spacial score (nSPS) is 10.5. The summed E-state index contributed by atoms with van der Waals surface area (Å²) in [7, 11) is 0. The molecule has 1 aromatic carbocycles. The van der Waals surface area contributed by atoms with Gasteiger partial charge in [-0.25, -0.2) is 4.39 Å². The van der Waals surface area contributed by atoms with Crippen molar-refractivity contribution in [2.45, 2.75) is 13.8 Å². The molecule has 0 atom stereocenters. The third-order valence-electron chi connectivity index (χ3n) is 2.87. The minimum absolute atomic E-state index is 0.112. The monoisotopic (exact) mass is 278 g/mol. The van der Waals surface area contributed by atoms with Gasteiger partial charge in [0.15, 0.2) is 0 Å². The molecule has 0 unspecified atom stereocenters. The zero-order chi connectivity index (χ0) is 14.0. The topological polar surface area (TPSA) is 46.3 Å². The first-order chi connectivity index (χ1) is 9.02. The third kappa shape index (κ3) is 2.76. The average molecular weight is 278 g/mol. The second-order valence-corrected chi connectivity index (χ2v) is 5.40. The summed E-state index contributed by atoms with van der Waals surface area (Å²) in [5.41, 5.74) is 7.08. The van der Waals surface area contributed by atoms with Gasteiger partial charge >= 0.3 is 0 Å². The molecule has 0 aliphatic rings. The maximum absolute atomic E-state index is 12.9. The van der Waals surface area contributed by atoms with E-state index < -0.39 is 0 Å². The number of amides is 1. The summed E-state index contributed by atoms with van der Waals surface area (Å²) in [6.07, 6.45) is 0. The van der Waals surface area contributed by atoms with Crippen LogP contribution in [-0.4, -0.2) is 12.5 Å². The van der Waals surface area contributed by atoms with E-state index in [1.807, 2.05) is 13.8 Å². The summed E-state index contributed by atoms with van der Waals surface area (Å²) >= 11 is 1.37. The van der Waals surface area contributed by atoms with Gasteiger partial charge in [-0.2, -0.15) is 0 Å². The molecular weight excluding hydrogens is 263 g/mol. The fraction of sp³-hybridized carbons (Fsp3) is 0.214. The van der Waals surface area contributed by atoms with E-state index in [1.54, 1.807) is 23.1 Å². The van der Waals surface area contributed by atoms with Crippen LogP contribution in [0, 0.1) is 12.7 Å². The molecular formula is C14H15FN2OS. The molecule has 1 heterocycles. The fourth-order valence-corrected chi connectivity index (χ4v) is 2.69. The Hall–Kier alpha value is -1.88.